The number of carbonyl (C=O) groups excluding carboxylic acids is 1. The molecule has 0 aliphatic rings. The number of fused-ring (bicyclic) bond motifs is 1. The van der Waals surface area contributed by atoms with Crippen molar-refractivity contribution in [1.29, 1.82) is 0 Å². The summed E-state index contributed by atoms with van der Waals surface area (Å²) in [6, 6.07) is 27.4. The number of carbonyl (C=O) groups is 1. The van der Waals surface area contributed by atoms with E-state index < -0.39 is 5.63 Å². The van der Waals surface area contributed by atoms with Crippen molar-refractivity contribution in [1.82, 2.24) is 0 Å². The van der Waals surface area contributed by atoms with E-state index in [1.807, 2.05) is 60.7 Å². The first-order valence-corrected chi connectivity index (χ1v) is 11.5. The number of phenols is 3. The Morgan fingerprint density at radius 3 is 1.79 bits per heavy atom. The fourth-order valence-electron chi connectivity index (χ4n) is 3.45. The van der Waals surface area contributed by atoms with Crippen LogP contribution in [0.4, 0.5) is 0 Å². The summed E-state index contributed by atoms with van der Waals surface area (Å²) in [6.45, 7) is 0.602. The van der Waals surface area contributed by atoms with E-state index in [9.17, 15) is 24.9 Å². The lowest BCUT2D eigenvalue weighted by Crippen LogP contribution is -1.97. The molecule has 0 unspecified atom stereocenters. The summed E-state index contributed by atoms with van der Waals surface area (Å²) in [5.41, 5.74) is 1.91. The number of rotatable bonds is 7. The molecule has 0 radical (unpaired) electrons. The van der Waals surface area contributed by atoms with Crippen LogP contribution in [0, 0.1) is 0 Å². The third-order valence-electron chi connectivity index (χ3n) is 5.41. The van der Waals surface area contributed by atoms with Gasteiger partial charge in [0.25, 0.3) is 0 Å². The molecule has 1 heterocycles. The highest BCUT2D eigenvalue weighted by Crippen LogP contribution is 2.33. The Kier molecular flexibility index (Phi) is 8.25. The van der Waals surface area contributed by atoms with Crippen LogP contribution in [0.15, 0.2) is 106 Å². The Hall–Kier alpha value is -5.24. The summed E-state index contributed by atoms with van der Waals surface area (Å²) in [6.07, 6.45) is 0.468. The second-order valence-corrected chi connectivity index (χ2v) is 8.16. The lowest BCUT2D eigenvalue weighted by Gasteiger charge is -2.09. The molecular formula is C30H24O8. The zero-order chi connectivity index (χ0) is 26.9. The summed E-state index contributed by atoms with van der Waals surface area (Å²) < 4.78 is 16.0. The molecule has 5 rings (SSSR count). The van der Waals surface area contributed by atoms with Crippen LogP contribution in [-0.2, 0) is 13.2 Å². The molecule has 0 bridgehead atoms. The van der Waals surface area contributed by atoms with E-state index in [0.29, 0.717) is 23.9 Å². The van der Waals surface area contributed by atoms with Gasteiger partial charge in [0.1, 0.15) is 24.5 Å². The van der Waals surface area contributed by atoms with E-state index in [-0.39, 0.29) is 40.9 Å². The van der Waals surface area contributed by atoms with Crippen molar-refractivity contribution in [3.63, 3.8) is 0 Å². The van der Waals surface area contributed by atoms with Crippen LogP contribution in [0.5, 0.6) is 28.7 Å². The summed E-state index contributed by atoms with van der Waals surface area (Å²) in [5.74, 6) is 0.0524. The van der Waals surface area contributed by atoms with Crippen LogP contribution in [0.2, 0.25) is 0 Å². The second kappa shape index (κ2) is 12.1. The standard InChI is InChI=1S/C16H12O4.C14H12O4/c17-13-8-12-6-7-16(18)20-14(12)9-15(13)19-10-11-4-2-1-3-5-11;15-8-11-6-13(17)14(7-12(11)16)18-9-10-4-2-1-3-5-10/h1-9,17H,10H2;1-8,16-17H,9H2. The van der Waals surface area contributed by atoms with Crippen LogP contribution in [-0.4, -0.2) is 21.6 Å². The normalized spacial score (nSPS) is 10.3. The van der Waals surface area contributed by atoms with E-state index in [1.165, 1.54) is 30.3 Å². The van der Waals surface area contributed by atoms with Gasteiger partial charge in [-0.2, -0.15) is 0 Å². The maximum atomic E-state index is 11.2. The van der Waals surface area contributed by atoms with Crippen molar-refractivity contribution >= 4 is 17.3 Å². The number of benzene rings is 4. The largest absolute Gasteiger partial charge is 0.507 e. The predicted octanol–water partition coefficient (Wildman–Crippen LogP) is 5.57. The molecule has 38 heavy (non-hydrogen) atoms. The SMILES string of the molecule is O=Cc1cc(O)c(OCc2ccccc2)cc1O.O=c1ccc2cc(O)c(OCc3ccccc3)cc2o1. The Morgan fingerprint density at radius 2 is 1.21 bits per heavy atom. The first-order chi connectivity index (χ1) is 18.4. The van der Waals surface area contributed by atoms with E-state index in [4.69, 9.17) is 13.9 Å². The van der Waals surface area contributed by atoms with Gasteiger partial charge >= 0.3 is 5.63 Å². The van der Waals surface area contributed by atoms with Gasteiger partial charge in [0, 0.05) is 23.6 Å². The van der Waals surface area contributed by atoms with Gasteiger partial charge < -0.3 is 29.2 Å². The van der Waals surface area contributed by atoms with Crippen molar-refractivity contribution in [2.45, 2.75) is 13.2 Å². The molecular weight excluding hydrogens is 488 g/mol. The molecule has 0 atom stereocenters. The van der Waals surface area contributed by atoms with Gasteiger partial charge in [0.05, 0.1) is 5.56 Å². The maximum Gasteiger partial charge on any atom is 0.336 e. The molecule has 0 fully saturated rings. The summed E-state index contributed by atoms with van der Waals surface area (Å²) in [7, 11) is 0. The number of aldehydes is 1. The van der Waals surface area contributed by atoms with Crippen molar-refractivity contribution in [2.75, 3.05) is 0 Å². The number of aromatic hydroxyl groups is 3. The Morgan fingerprint density at radius 1 is 0.658 bits per heavy atom. The lowest BCUT2D eigenvalue weighted by molar-refractivity contribution is 0.112. The number of ether oxygens (including phenoxy) is 2. The lowest BCUT2D eigenvalue weighted by atomic mass is 10.2. The fourth-order valence-corrected chi connectivity index (χ4v) is 3.45. The molecule has 8 nitrogen and oxygen atoms in total. The van der Waals surface area contributed by atoms with Gasteiger partial charge in [-0.25, -0.2) is 4.79 Å². The molecule has 1 aromatic heterocycles. The summed E-state index contributed by atoms with van der Waals surface area (Å²) >= 11 is 0. The highest BCUT2D eigenvalue weighted by atomic mass is 16.5. The minimum atomic E-state index is -0.433. The molecule has 0 spiro atoms. The minimum Gasteiger partial charge on any atom is -0.507 e. The summed E-state index contributed by atoms with van der Waals surface area (Å²) in [4.78, 5) is 21.7. The highest BCUT2D eigenvalue weighted by Gasteiger charge is 2.10. The zero-order valence-electron chi connectivity index (χ0n) is 20.1. The third kappa shape index (κ3) is 6.70. The number of hydrogen-bond acceptors (Lipinski definition) is 8. The van der Waals surface area contributed by atoms with E-state index in [1.54, 1.807) is 6.07 Å². The van der Waals surface area contributed by atoms with E-state index >= 15 is 0 Å². The smallest absolute Gasteiger partial charge is 0.336 e. The van der Waals surface area contributed by atoms with Crippen LogP contribution in [0.1, 0.15) is 21.5 Å². The minimum absolute atomic E-state index is 0.0160. The topological polar surface area (TPSA) is 126 Å². The molecule has 0 saturated carbocycles. The Bertz CT molecular complexity index is 1580. The van der Waals surface area contributed by atoms with Crippen molar-refractivity contribution < 1.29 is 34.0 Å². The first-order valence-electron chi connectivity index (χ1n) is 11.5. The zero-order valence-corrected chi connectivity index (χ0v) is 20.1. The molecule has 192 valence electrons. The number of phenolic OH excluding ortho intramolecular Hbond substituents is 3. The third-order valence-corrected chi connectivity index (χ3v) is 5.41. The fraction of sp³-hybridized carbons (Fsp3) is 0.0667. The van der Waals surface area contributed by atoms with Gasteiger partial charge in [-0.3, -0.25) is 4.79 Å². The van der Waals surface area contributed by atoms with Gasteiger partial charge in [-0.05, 0) is 29.3 Å². The molecule has 0 amide bonds. The highest BCUT2D eigenvalue weighted by molar-refractivity contribution is 5.81. The van der Waals surface area contributed by atoms with Crippen molar-refractivity contribution in [3.8, 4) is 28.7 Å². The van der Waals surface area contributed by atoms with Gasteiger partial charge in [0.2, 0.25) is 0 Å². The molecule has 0 aliphatic heterocycles. The van der Waals surface area contributed by atoms with Gasteiger partial charge in [-0.15, -0.1) is 0 Å². The van der Waals surface area contributed by atoms with Crippen LogP contribution < -0.4 is 15.1 Å². The van der Waals surface area contributed by atoms with Crippen LogP contribution >= 0.6 is 0 Å². The quantitative estimate of drug-likeness (QED) is 0.147. The second-order valence-electron chi connectivity index (χ2n) is 8.16. The van der Waals surface area contributed by atoms with Crippen molar-refractivity contribution in [3.05, 3.63) is 124 Å². The van der Waals surface area contributed by atoms with Crippen molar-refractivity contribution in [2.24, 2.45) is 0 Å². The molecule has 0 saturated heterocycles. The van der Waals surface area contributed by atoms with E-state index in [0.717, 1.165) is 11.1 Å². The average Bonchev–Trinajstić information content (AvgIpc) is 2.94. The average molecular weight is 513 g/mol. The molecule has 5 aromatic rings. The Labute approximate surface area is 217 Å². The van der Waals surface area contributed by atoms with E-state index in [2.05, 4.69) is 0 Å². The Balaban J connectivity index is 0.000000178. The van der Waals surface area contributed by atoms with Crippen LogP contribution in [0.25, 0.3) is 11.0 Å². The number of hydrogen-bond donors (Lipinski definition) is 3. The van der Waals surface area contributed by atoms with Gasteiger partial charge in [0.15, 0.2) is 29.3 Å². The first kappa shape index (κ1) is 25.8. The molecule has 8 heteroatoms. The maximum absolute atomic E-state index is 11.2. The van der Waals surface area contributed by atoms with Gasteiger partial charge in [-0.1, -0.05) is 60.7 Å². The predicted molar refractivity (Wildman–Crippen MR) is 141 cm³/mol. The molecule has 0 aliphatic carbocycles. The summed E-state index contributed by atoms with van der Waals surface area (Å²) in [5, 5.41) is 29.7. The monoisotopic (exact) mass is 512 g/mol. The van der Waals surface area contributed by atoms with Crippen LogP contribution in [0.3, 0.4) is 0 Å². The molecule has 4 aromatic carbocycles. The molecule has 3 N–H and O–H groups in total.